The van der Waals surface area contributed by atoms with Crippen LogP contribution in [0, 0.1) is 0 Å². The number of fused-ring (bicyclic) bond motifs is 10. The normalized spacial score (nSPS) is 12.2. The number of rotatable bonds is 8. The summed E-state index contributed by atoms with van der Waals surface area (Å²) in [6, 6.07) is 106. The molecule has 0 unspecified atom stereocenters. The van der Waals surface area contributed by atoms with E-state index in [0.717, 1.165) is 67.6 Å². The highest BCUT2D eigenvalue weighted by Gasteiger charge is 2.36. The number of aromatic nitrogens is 2. The highest BCUT2D eigenvalue weighted by atomic mass is 15.3. The van der Waals surface area contributed by atoms with Gasteiger partial charge < -0.3 is 18.9 Å². The van der Waals surface area contributed by atoms with Crippen molar-refractivity contribution in [3.63, 3.8) is 0 Å². The van der Waals surface area contributed by atoms with Crippen molar-refractivity contribution in [2.24, 2.45) is 0 Å². The van der Waals surface area contributed by atoms with Crippen LogP contribution in [-0.4, -0.2) is 9.13 Å². The third kappa shape index (κ3) is 7.00. The molecule has 15 rings (SSSR count). The second kappa shape index (κ2) is 17.8. The lowest BCUT2D eigenvalue weighted by atomic mass is 9.97. The van der Waals surface area contributed by atoms with E-state index in [1.807, 2.05) is 0 Å². The van der Waals surface area contributed by atoms with E-state index in [1.54, 1.807) is 0 Å². The predicted molar refractivity (Wildman–Crippen MR) is 320 cm³/mol. The van der Waals surface area contributed by atoms with E-state index in [1.165, 1.54) is 66.1 Å². The Kier molecular flexibility index (Phi) is 10.2. The van der Waals surface area contributed by atoms with Crippen molar-refractivity contribution < 1.29 is 0 Å². The van der Waals surface area contributed by atoms with Crippen molar-refractivity contribution in [1.82, 2.24) is 9.13 Å². The SMILES string of the molecule is c1ccc(-c2cc(-c3ccccc3)cc(-n3c4ccccc4c4c5c(ccc43)N(c3ccccc3)c3c(ccc4c3c3ccccc3n4-c3cc(-c4ccccc4)cc(-c4ccccc4)c3)N5c3ccccc3)c2)cc1. The van der Waals surface area contributed by atoms with Crippen molar-refractivity contribution in [2.75, 3.05) is 9.80 Å². The minimum absolute atomic E-state index is 1.09. The van der Waals surface area contributed by atoms with E-state index in [-0.39, 0.29) is 0 Å². The van der Waals surface area contributed by atoms with Gasteiger partial charge in [0, 0.05) is 44.3 Å². The fraction of sp³-hybridized carbons (Fsp3) is 0. The average Bonchev–Trinajstić information content (AvgIpc) is 4.22. The molecule has 0 amide bonds. The fourth-order valence-electron chi connectivity index (χ4n) is 12.0. The first-order valence-electron chi connectivity index (χ1n) is 26.1. The molecule has 0 fully saturated rings. The van der Waals surface area contributed by atoms with Gasteiger partial charge in [-0.05, 0) is 142 Å². The van der Waals surface area contributed by atoms with Gasteiger partial charge in [-0.25, -0.2) is 0 Å². The molecule has 1 aliphatic heterocycles. The first kappa shape index (κ1) is 43.4. The van der Waals surface area contributed by atoms with Crippen LogP contribution in [0.15, 0.2) is 291 Å². The standard InChI is InChI=1S/C72H48N4/c1-7-23-49(24-8-1)53-43-54(50-25-9-2-10-26-50)46-59(45-53)73-63-37-21-19-35-61(63)69-65(73)39-41-67-71(69)75(57-31-15-5-16-32-57)68-42-40-66-70(72(68)76(67)58-33-17-6-18-34-58)62-36-20-22-38-64(62)74(66)60-47-55(51-27-11-3-12-28-51)44-56(48-60)52-29-13-4-14-30-52/h1-48H. The van der Waals surface area contributed by atoms with Crippen LogP contribution in [0.5, 0.6) is 0 Å². The van der Waals surface area contributed by atoms with Gasteiger partial charge in [-0.15, -0.1) is 0 Å². The molecule has 0 saturated carbocycles. The van der Waals surface area contributed by atoms with Crippen LogP contribution in [0.25, 0.3) is 99.5 Å². The minimum Gasteiger partial charge on any atom is -0.309 e. The Morgan fingerprint density at radius 2 is 0.487 bits per heavy atom. The van der Waals surface area contributed by atoms with Gasteiger partial charge in [-0.3, -0.25) is 0 Å². The van der Waals surface area contributed by atoms with Crippen molar-refractivity contribution >= 4 is 77.7 Å². The molecular formula is C72H48N4. The maximum absolute atomic E-state index is 2.54. The van der Waals surface area contributed by atoms with E-state index < -0.39 is 0 Å². The summed E-state index contributed by atoms with van der Waals surface area (Å²) in [7, 11) is 0. The Morgan fingerprint density at radius 3 is 0.816 bits per heavy atom. The van der Waals surface area contributed by atoms with Gasteiger partial charge in [0.15, 0.2) is 0 Å². The van der Waals surface area contributed by atoms with Crippen molar-refractivity contribution in [3.8, 4) is 55.9 Å². The second-order valence-corrected chi connectivity index (χ2v) is 19.7. The van der Waals surface area contributed by atoms with Gasteiger partial charge in [-0.1, -0.05) is 194 Å². The van der Waals surface area contributed by atoms with E-state index >= 15 is 0 Å². The summed E-state index contributed by atoms with van der Waals surface area (Å²) in [6.07, 6.45) is 0. The Labute approximate surface area is 441 Å². The van der Waals surface area contributed by atoms with Crippen LogP contribution in [0.3, 0.4) is 0 Å². The van der Waals surface area contributed by atoms with Crippen LogP contribution in [0.4, 0.5) is 34.1 Å². The van der Waals surface area contributed by atoms with Crippen LogP contribution >= 0.6 is 0 Å². The Hall–Kier alpha value is -10.2. The van der Waals surface area contributed by atoms with Crippen LogP contribution in [0.2, 0.25) is 0 Å². The van der Waals surface area contributed by atoms with Crippen molar-refractivity contribution in [1.29, 1.82) is 0 Å². The summed E-state index contributed by atoms with van der Waals surface area (Å²) in [5.41, 5.74) is 22.8. The molecule has 14 aromatic rings. The van der Waals surface area contributed by atoms with E-state index in [2.05, 4.69) is 310 Å². The molecule has 2 aromatic heterocycles. The van der Waals surface area contributed by atoms with E-state index in [9.17, 15) is 0 Å². The lowest BCUT2D eigenvalue weighted by Gasteiger charge is -2.41. The number of benzene rings is 12. The number of para-hydroxylation sites is 4. The molecule has 1 aliphatic rings. The third-order valence-electron chi connectivity index (χ3n) is 15.3. The van der Waals surface area contributed by atoms with Gasteiger partial charge in [-0.2, -0.15) is 0 Å². The molecule has 0 aliphatic carbocycles. The zero-order valence-electron chi connectivity index (χ0n) is 41.5. The number of nitrogens with zero attached hydrogens (tertiary/aromatic N) is 4. The lowest BCUT2D eigenvalue weighted by molar-refractivity contribution is 1.16. The Bertz CT molecular complexity index is 4080. The largest absolute Gasteiger partial charge is 0.309 e. The van der Waals surface area contributed by atoms with Crippen molar-refractivity contribution in [3.05, 3.63) is 291 Å². The molecule has 76 heavy (non-hydrogen) atoms. The van der Waals surface area contributed by atoms with Crippen LogP contribution < -0.4 is 9.80 Å². The third-order valence-corrected chi connectivity index (χ3v) is 15.3. The molecule has 0 bridgehead atoms. The summed E-state index contributed by atoms with van der Waals surface area (Å²) in [4.78, 5) is 5.07. The van der Waals surface area contributed by atoms with Gasteiger partial charge in [0.1, 0.15) is 0 Å². The highest BCUT2D eigenvalue weighted by Crippen LogP contribution is 2.60. The van der Waals surface area contributed by atoms with Crippen LogP contribution in [-0.2, 0) is 0 Å². The summed E-state index contributed by atoms with van der Waals surface area (Å²) < 4.78 is 4.97. The summed E-state index contributed by atoms with van der Waals surface area (Å²) in [5.74, 6) is 0. The van der Waals surface area contributed by atoms with E-state index in [0.29, 0.717) is 0 Å². The number of hydrogen-bond acceptors (Lipinski definition) is 2. The molecule has 4 heteroatoms. The maximum atomic E-state index is 2.54. The minimum atomic E-state index is 1.09. The molecule has 0 N–H and O–H groups in total. The molecule has 0 saturated heterocycles. The van der Waals surface area contributed by atoms with Crippen molar-refractivity contribution in [2.45, 2.75) is 0 Å². The zero-order valence-corrected chi connectivity index (χ0v) is 41.5. The smallest absolute Gasteiger partial charge is 0.0804 e. The fourth-order valence-corrected chi connectivity index (χ4v) is 12.0. The van der Waals surface area contributed by atoms with Gasteiger partial charge in [0.25, 0.3) is 0 Å². The van der Waals surface area contributed by atoms with E-state index in [4.69, 9.17) is 0 Å². The number of hydrogen-bond donors (Lipinski definition) is 0. The second-order valence-electron chi connectivity index (χ2n) is 19.7. The summed E-state index contributed by atoms with van der Waals surface area (Å²) in [6.45, 7) is 0. The van der Waals surface area contributed by atoms with Gasteiger partial charge in [0.2, 0.25) is 0 Å². The molecule has 356 valence electrons. The quantitative estimate of drug-likeness (QED) is 0.151. The topological polar surface area (TPSA) is 16.3 Å². The summed E-state index contributed by atoms with van der Waals surface area (Å²) >= 11 is 0. The molecule has 0 spiro atoms. The molecule has 12 aromatic carbocycles. The number of anilines is 6. The highest BCUT2D eigenvalue weighted by molar-refractivity contribution is 6.27. The summed E-state index contributed by atoms with van der Waals surface area (Å²) in [5, 5.41) is 4.74. The van der Waals surface area contributed by atoms with Gasteiger partial charge in [0.05, 0.1) is 44.8 Å². The Morgan fingerprint density at radius 1 is 0.197 bits per heavy atom. The Balaban J connectivity index is 1.04. The van der Waals surface area contributed by atoms with Gasteiger partial charge >= 0.3 is 0 Å². The lowest BCUT2D eigenvalue weighted by Crippen LogP contribution is -2.24. The maximum Gasteiger partial charge on any atom is 0.0804 e. The zero-order chi connectivity index (χ0) is 50.1. The first-order chi connectivity index (χ1) is 37.7. The van der Waals surface area contributed by atoms with Crippen LogP contribution in [0.1, 0.15) is 0 Å². The predicted octanol–water partition coefficient (Wildman–Crippen LogP) is 19.8. The first-order valence-corrected chi connectivity index (χ1v) is 26.1. The molecule has 0 atom stereocenters. The molecule has 0 radical (unpaired) electrons. The molecule has 3 heterocycles. The monoisotopic (exact) mass is 968 g/mol. The average molecular weight is 969 g/mol. The molecular weight excluding hydrogens is 921 g/mol. The molecule has 4 nitrogen and oxygen atoms in total.